The number of rotatable bonds is 11. The maximum Gasteiger partial charge on any atom is 0.0267 e. The molecule has 0 aliphatic rings. The Morgan fingerprint density at radius 3 is 1.40 bits per heavy atom. The fourth-order valence-corrected chi connectivity index (χ4v) is 2.36. The van der Waals surface area contributed by atoms with E-state index in [2.05, 4.69) is 20.9 Å². The van der Waals surface area contributed by atoms with Crippen LogP contribution in [0.2, 0.25) is 0 Å². The Hall–Kier alpha value is -0.410. The molecule has 1 aromatic rings. The molecule has 0 aromatic carbocycles. The minimum atomic E-state index is 0.868. The summed E-state index contributed by atoms with van der Waals surface area (Å²) in [5.41, 5.74) is 5.43. The monoisotopic (exact) mass is 342 g/mol. The van der Waals surface area contributed by atoms with Gasteiger partial charge in [-0.25, -0.2) is 0 Å². The fraction of sp³-hybridized carbons (Fsp3) is 0.706. The van der Waals surface area contributed by atoms with Crippen molar-refractivity contribution in [1.29, 1.82) is 0 Å². The van der Waals surface area contributed by atoms with Crippen LogP contribution in [0.25, 0.3) is 0 Å². The molecule has 0 amide bonds. The number of hydrogen-bond acceptors (Lipinski definition) is 2. The molecule has 0 radical (unpaired) electrons. The fourth-order valence-electron chi connectivity index (χ4n) is 1.97. The minimum Gasteiger partial charge on any atom is -0.330 e. The van der Waals surface area contributed by atoms with E-state index in [0.717, 1.165) is 6.54 Å². The minimum absolute atomic E-state index is 0.868. The summed E-state index contributed by atoms with van der Waals surface area (Å²) in [5.74, 6) is 0. The maximum atomic E-state index is 5.43. The van der Waals surface area contributed by atoms with Gasteiger partial charge in [0.1, 0.15) is 0 Å². The third-order valence-corrected chi connectivity index (χ3v) is 3.71. The Morgan fingerprint density at radius 2 is 1.10 bits per heavy atom. The summed E-state index contributed by atoms with van der Waals surface area (Å²) in [5, 5.41) is 1.17. The Balaban J connectivity index is 0.000000493. The van der Waals surface area contributed by atoms with Gasteiger partial charge in [-0.05, 0) is 31.5 Å². The number of nitrogens with zero attached hydrogens (tertiary/aromatic N) is 1. The molecule has 20 heavy (non-hydrogen) atoms. The Kier molecular flexibility index (Phi) is 18.2. The van der Waals surface area contributed by atoms with Crippen LogP contribution in [0, 0.1) is 0 Å². The number of nitrogens with two attached hydrogens (primary N) is 1. The van der Waals surface area contributed by atoms with Crippen LogP contribution in [-0.4, -0.2) is 16.9 Å². The maximum absolute atomic E-state index is 5.43. The van der Waals surface area contributed by atoms with Crippen molar-refractivity contribution < 1.29 is 0 Å². The van der Waals surface area contributed by atoms with Crippen molar-refractivity contribution in [2.24, 2.45) is 5.73 Å². The Labute approximate surface area is 133 Å². The lowest BCUT2D eigenvalue weighted by Crippen LogP contribution is -1.97. The summed E-state index contributed by atoms with van der Waals surface area (Å²) in [7, 11) is 0. The van der Waals surface area contributed by atoms with Crippen LogP contribution in [0.1, 0.15) is 64.2 Å². The van der Waals surface area contributed by atoms with Gasteiger partial charge in [-0.2, -0.15) is 0 Å². The molecule has 1 heterocycles. The molecule has 0 atom stereocenters. The molecule has 0 aliphatic carbocycles. The smallest absolute Gasteiger partial charge is 0.0267 e. The number of alkyl halides is 1. The van der Waals surface area contributed by atoms with E-state index < -0.39 is 0 Å². The quantitative estimate of drug-likeness (QED) is 0.436. The molecule has 0 unspecified atom stereocenters. The molecule has 2 N–H and O–H groups in total. The zero-order chi connectivity index (χ0) is 14.7. The zero-order valence-electron chi connectivity index (χ0n) is 12.8. The first-order valence-corrected chi connectivity index (χ1v) is 9.15. The molecule has 1 aromatic heterocycles. The van der Waals surface area contributed by atoms with Crippen LogP contribution in [0.4, 0.5) is 0 Å². The van der Waals surface area contributed by atoms with Crippen molar-refractivity contribution in [3.63, 3.8) is 0 Å². The van der Waals surface area contributed by atoms with Crippen molar-refractivity contribution in [2.75, 3.05) is 11.9 Å². The van der Waals surface area contributed by atoms with E-state index in [4.69, 9.17) is 5.73 Å². The van der Waals surface area contributed by atoms with Gasteiger partial charge in [0, 0.05) is 17.7 Å². The summed E-state index contributed by atoms with van der Waals surface area (Å²) in [6.45, 7) is 0.868. The molecule has 0 bridgehead atoms. The van der Waals surface area contributed by atoms with Crippen LogP contribution in [0.3, 0.4) is 0 Å². The Bertz CT molecular complexity index is 216. The van der Waals surface area contributed by atoms with E-state index in [0.29, 0.717) is 0 Å². The van der Waals surface area contributed by atoms with Crippen molar-refractivity contribution >= 4 is 15.9 Å². The predicted molar refractivity (Wildman–Crippen MR) is 93.3 cm³/mol. The lowest BCUT2D eigenvalue weighted by molar-refractivity contribution is 0.559. The van der Waals surface area contributed by atoms with Gasteiger partial charge in [-0.3, -0.25) is 4.98 Å². The zero-order valence-corrected chi connectivity index (χ0v) is 14.4. The highest BCUT2D eigenvalue weighted by molar-refractivity contribution is 9.09. The van der Waals surface area contributed by atoms with E-state index in [9.17, 15) is 0 Å². The second-order valence-corrected chi connectivity index (χ2v) is 5.83. The van der Waals surface area contributed by atoms with Gasteiger partial charge in [0.2, 0.25) is 0 Å². The Morgan fingerprint density at radius 1 is 0.650 bits per heavy atom. The summed E-state index contributed by atoms with van der Waals surface area (Å²) in [6, 6.07) is 5.72. The molecule has 0 saturated heterocycles. The second-order valence-electron chi connectivity index (χ2n) is 5.04. The lowest BCUT2D eigenvalue weighted by Gasteiger charge is -2.01. The molecule has 0 fully saturated rings. The standard InChI is InChI=1S/C12H26BrN.C5H5N/c13-11-9-7-5-3-1-2-4-6-8-10-12-14;1-2-4-6-5-3-1/h1-12,14H2;1-5H. The number of halogens is 1. The summed E-state index contributed by atoms with van der Waals surface area (Å²) >= 11 is 3.46. The van der Waals surface area contributed by atoms with Gasteiger partial charge < -0.3 is 5.73 Å². The van der Waals surface area contributed by atoms with Crippen LogP contribution in [-0.2, 0) is 0 Å². The first-order chi connectivity index (χ1) is 9.91. The predicted octanol–water partition coefficient (Wildman–Crippen LogP) is 5.32. The molecule has 2 nitrogen and oxygen atoms in total. The highest BCUT2D eigenvalue weighted by atomic mass is 79.9. The third-order valence-electron chi connectivity index (χ3n) is 3.15. The van der Waals surface area contributed by atoms with Gasteiger partial charge in [-0.15, -0.1) is 0 Å². The number of aromatic nitrogens is 1. The van der Waals surface area contributed by atoms with E-state index in [-0.39, 0.29) is 0 Å². The highest BCUT2D eigenvalue weighted by Gasteiger charge is 1.91. The first-order valence-electron chi connectivity index (χ1n) is 8.03. The topological polar surface area (TPSA) is 38.9 Å². The first kappa shape index (κ1) is 19.6. The van der Waals surface area contributed by atoms with E-state index >= 15 is 0 Å². The molecule has 1 rings (SSSR count). The number of pyridine rings is 1. The summed E-state index contributed by atoms with van der Waals surface area (Å²) in [4.78, 5) is 3.78. The molecule has 0 saturated carbocycles. The summed E-state index contributed by atoms with van der Waals surface area (Å²) < 4.78 is 0. The van der Waals surface area contributed by atoms with Gasteiger partial charge in [0.25, 0.3) is 0 Å². The van der Waals surface area contributed by atoms with Crippen LogP contribution in [0.5, 0.6) is 0 Å². The van der Waals surface area contributed by atoms with Gasteiger partial charge in [-0.1, -0.05) is 73.4 Å². The molecular weight excluding hydrogens is 312 g/mol. The molecule has 0 spiro atoms. The van der Waals surface area contributed by atoms with E-state index in [1.807, 2.05) is 18.2 Å². The molecule has 0 aliphatic heterocycles. The molecular formula is C17H31BrN2. The molecule has 3 heteroatoms. The van der Waals surface area contributed by atoms with E-state index in [1.54, 1.807) is 12.4 Å². The largest absolute Gasteiger partial charge is 0.330 e. The van der Waals surface area contributed by atoms with Crippen LogP contribution in [0.15, 0.2) is 30.6 Å². The van der Waals surface area contributed by atoms with Gasteiger partial charge in [0.05, 0.1) is 0 Å². The van der Waals surface area contributed by atoms with Crippen molar-refractivity contribution in [2.45, 2.75) is 64.2 Å². The average molecular weight is 343 g/mol. The van der Waals surface area contributed by atoms with Gasteiger partial charge >= 0.3 is 0 Å². The lowest BCUT2D eigenvalue weighted by atomic mass is 10.1. The van der Waals surface area contributed by atoms with Crippen molar-refractivity contribution in [3.05, 3.63) is 30.6 Å². The van der Waals surface area contributed by atoms with Crippen molar-refractivity contribution in [1.82, 2.24) is 4.98 Å². The van der Waals surface area contributed by atoms with Crippen molar-refractivity contribution in [3.8, 4) is 0 Å². The summed E-state index contributed by atoms with van der Waals surface area (Å²) in [6.07, 6.45) is 17.3. The number of unbranched alkanes of at least 4 members (excludes halogenated alkanes) is 9. The average Bonchev–Trinajstić information content (AvgIpc) is 2.52. The van der Waals surface area contributed by atoms with Crippen LogP contribution >= 0.6 is 15.9 Å². The molecule has 116 valence electrons. The van der Waals surface area contributed by atoms with Crippen LogP contribution < -0.4 is 5.73 Å². The highest BCUT2D eigenvalue weighted by Crippen LogP contribution is 2.10. The SMILES string of the molecule is NCCCCCCCCCCCCBr.c1ccncc1. The third kappa shape index (κ3) is 17.6. The normalized spacial score (nSPS) is 9.90. The second kappa shape index (κ2) is 18.6. The number of hydrogen-bond donors (Lipinski definition) is 1. The van der Waals surface area contributed by atoms with Gasteiger partial charge in [0.15, 0.2) is 0 Å². The van der Waals surface area contributed by atoms with E-state index in [1.165, 1.54) is 69.5 Å².